The van der Waals surface area contributed by atoms with Crippen LogP contribution in [0.15, 0.2) is 60.2 Å². The van der Waals surface area contributed by atoms with E-state index >= 15 is 0 Å². The molecule has 5 N–H and O–H groups in total. The van der Waals surface area contributed by atoms with Gasteiger partial charge >= 0.3 is 0 Å². The second-order valence-electron chi connectivity index (χ2n) is 18.4. The summed E-state index contributed by atoms with van der Waals surface area (Å²) in [6.45, 7) is 10.7. The molecule has 1 aliphatic carbocycles. The standard InChI is InChI=1S/C47H57FN8O6S/c1-28-40(63-27-51-28)30-11-12-31(24-50-43(59)37-22-32(57)26-56(37)44(60)41(46(2,3)4)52-45(61)47(48)15-16-47)39(21-30)62-20-8-7-17-55-18-13-29(14-19-55)35-25-49-42-34(35)23-36(53-54-42)33-9-5-6-10-38(33)58/h5-6,9-12,21,23,25,27,29,32,37,41,57-58H,7-8,13-20,22,24,26H2,1-4H3,(H,49,54)(H,50,59)(H,52,61)/t32-,37+,41-/m1/s1. The number of hydrogen-bond donors (Lipinski definition) is 5. The number of likely N-dealkylation sites (tertiary alicyclic amines) is 2. The Morgan fingerprint density at radius 1 is 1.08 bits per heavy atom. The van der Waals surface area contributed by atoms with Gasteiger partial charge in [0.25, 0.3) is 5.91 Å². The zero-order valence-corrected chi connectivity index (χ0v) is 37.1. The van der Waals surface area contributed by atoms with Crippen molar-refractivity contribution < 1.29 is 33.7 Å². The number of phenols is 1. The number of benzene rings is 2. The molecule has 2 aromatic carbocycles. The van der Waals surface area contributed by atoms with Gasteiger partial charge < -0.3 is 40.4 Å². The van der Waals surface area contributed by atoms with Crippen LogP contribution in [0.3, 0.4) is 0 Å². The monoisotopic (exact) mass is 880 g/mol. The molecule has 5 heterocycles. The Kier molecular flexibility index (Phi) is 12.9. The third-order valence-electron chi connectivity index (χ3n) is 12.7. The molecule has 3 amide bonds. The highest BCUT2D eigenvalue weighted by atomic mass is 32.1. The van der Waals surface area contributed by atoms with Crippen LogP contribution in [-0.2, 0) is 20.9 Å². The molecule has 0 unspecified atom stereocenters. The molecule has 3 fully saturated rings. The molecule has 3 aliphatic rings. The highest BCUT2D eigenvalue weighted by Crippen LogP contribution is 2.41. The van der Waals surface area contributed by atoms with E-state index in [-0.39, 0.29) is 38.1 Å². The van der Waals surface area contributed by atoms with E-state index in [1.54, 1.807) is 44.2 Å². The molecule has 334 valence electrons. The number of hydrogen-bond acceptors (Lipinski definition) is 11. The maximum absolute atomic E-state index is 14.6. The number of aromatic nitrogens is 4. The van der Waals surface area contributed by atoms with Crippen LogP contribution in [0.1, 0.15) is 88.5 Å². The van der Waals surface area contributed by atoms with Gasteiger partial charge in [-0.05, 0) is 112 Å². The minimum atomic E-state index is -1.96. The van der Waals surface area contributed by atoms with Crippen molar-refractivity contribution in [2.75, 3.05) is 32.8 Å². The summed E-state index contributed by atoms with van der Waals surface area (Å²) >= 11 is 1.55. The number of piperidine rings is 1. The number of para-hydroxylation sites is 1. The molecule has 2 aliphatic heterocycles. The van der Waals surface area contributed by atoms with Crippen molar-refractivity contribution in [3.8, 4) is 33.2 Å². The maximum atomic E-state index is 14.6. The fraction of sp³-hybridized carbons (Fsp3) is 0.489. The minimum absolute atomic E-state index is 0.0417. The molecule has 0 radical (unpaired) electrons. The molecule has 2 saturated heterocycles. The number of carbonyl (C=O) groups is 3. The van der Waals surface area contributed by atoms with Crippen LogP contribution in [-0.4, -0.2) is 115 Å². The van der Waals surface area contributed by atoms with Crippen LogP contribution < -0.4 is 15.4 Å². The Morgan fingerprint density at radius 3 is 2.57 bits per heavy atom. The normalized spacial score (nSPS) is 19.6. The first kappa shape index (κ1) is 44.2. The van der Waals surface area contributed by atoms with E-state index in [2.05, 4.69) is 41.9 Å². The Hall–Kier alpha value is -5.45. The van der Waals surface area contributed by atoms with Crippen LogP contribution in [0.2, 0.25) is 0 Å². The van der Waals surface area contributed by atoms with E-state index in [0.29, 0.717) is 29.5 Å². The summed E-state index contributed by atoms with van der Waals surface area (Å²) in [7, 11) is 0. The van der Waals surface area contributed by atoms with Crippen molar-refractivity contribution in [3.63, 3.8) is 0 Å². The first-order valence-corrected chi connectivity index (χ1v) is 22.8. The number of aromatic hydroxyl groups is 1. The molecule has 3 aromatic heterocycles. The van der Waals surface area contributed by atoms with Gasteiger partial charge in [0.05, 0.1) is 34.5 Å². The average molecular weight is 881 g/mol. The Morgan fingerprint density at radius 2 is 1.86 bits per heavy atom. The Labute approximate surface area is 370 Å². The molecule has 0 bridgehead atoms. The van der Waals surface area contributed by atoms with E-state index in [4.69, 9.17) is 4.74 Å². The van der Waals surface area contributed by atoms with Gasteiger partial charge in [-0.3, -0.25) is 14.4 Å². The highest BCUT2D eigenvalue weighted by Gasteiger charge is 2.53. The molecule has 5 aromatic rings. The molecule has 3 atom stereocenters. The van der Waals surface area contributed by atoms with Crippen molar-refractivity contribution in [1.29, 1.82) is 0 Å². The fourth-order valence-corrected chi connectivity index (χ4v) is 9.56. The van der Waals surface area contributed by atoms with Gasteiger partial charge in [0.2, 0.25) is 11.8 Å². The number of carbonyl (C=O) groups excluding carboxylic acids is 3. The topological polar surface area (TPSA) is 186 Å². The van der Waals surface area contributed by atoms with Gasteiger partial charge in [-0.15, -0.1) is 21.5 Å². The largest absolute Gasteiger partial charge is 0.507 e. The number of aromatic amines is 1. The van der Waals surface area contributed by atoms with E-state index < -0.39 is 47.0 Å². The van der Waals surface area contributed by atoms with Crippen LogP contribution >= 0.6 is 11.3 Å². The molecular weight excluding hydrogens is 824 g/mol. The number of amides is 3. The van der Waals surface area contributed by atoms with Gasteiger partial charge in [0, 0.05) is 42.2 Å². The fourth-order valence-electron chi connectivity index (χ4n) is 8.76. The van der Waals surface area contributed by atoms with Gasteiger partial charge in [0.1, 0.15) is 23.6 Å². The van der Waals surface area contributed by atoms with Crippen molar-refractivity contribution in [2.45, 2.75) is 109 Å². The average Bonchev–Trinajstić information content (AvgIpc) is 3.53. The van der Waals surface area contributed by atoms with Crippen molar-refractivity contribution in [2.24, 2.45) is 5.41 Å². The second-order valence-corrected chi connectivity index (χ2v) is 19.2. The number of unbranched alkanes of at least 4 members (excludes halogenated alkanes) is 1. The number of rotatable bonds is 15. The number of alkyl halides is 1. The zero-order valence-electron chi connectivity index (χ0n) is 36.3. The molecule has 14 nitrogen and oxygen atoms in total. The molecule has 16 heteroatoms. The van der Waals surface area contributed by atoms with Crippen molar-refractivity contribution >= 4 is 40.1 Å². The lowest BCUT2D eigenvalue weighted by atomic mass is 9.85. The summed E-state index contributed by atoms with van der Waals surface area (Å²) in [5.74, 6) is -0.568. The molecule has 8 rings (SSSR count). The number of phenolic OH excluding ortho intramolecular Hbond substituents is 1. The first-order valence-electron chi connectivity index (χ1n) is 22.0. The first-order chi connectivity index (χ1) is 30.2. The summed E-state index contributed by atoms with van der Waals surface area (Å²) in [4.78, 5) is 53.0. The van der Waals surface area contributed by atoms with E-state index in [1.807, 2.05) is 48.8 Å². The molecular formula is C47H57FN8O6S. The van der Waals surface area contributed by atoms with Gasteiger partial charge in [0.15, 0.2) is 11.3 Å². The minimum Gasteiger partial charge on any atom is -0.507 e. The third kappa shape index (κ3) is 9.87. The number of thiazole rings is 1. The maximum Gasteiger partial charge on any atom is 0.258 e. The zero-order chi connectivity index (χ0) is 44.5. The van der Waals surface area contributed by atoms with Crippen LogP contribution in [0.4, 0.5) is 4.39 Å². The lowest BCUT2D eigenvalue weighted by molar-refractivity contribution is -0.145. The van der Waals surface area contributed by atoms with Crippen molar-refractivity contribution in [1.82, 2.24) is 40.6 Å². The number of nitrogens with zero attached hydrogens (tertiary/aromatic N) is 5. The quantitative estimate of drug-likeness (QED) is 0.0736. The summed E-state index contributed by atoms with van der Waals surface area (Å²) < 4.78 is 21.1. The van der Waals surface area contributed by atoms with Gasteiger partial charge in [-0.2, -0.15) is 0 Å². The molecule has 63 heavy (non-hydrogen) atoms. The Balaban J connectivity index is 0.861. The van der Waals surface area contributed by atoms with Gasteiger partial charge in [-0.1, -0.05) is 45.0 Å². The van der Waals surface area contributed by atoms with E-state index in [9.17, 15) is 29.0 Å². The number of nitrogens with one attached hydrogen (secondary N) is 3. The third-order valence-corrected chi connectivity index (χ3v) is 13.7. The number of fused-ring (bicyclic) bond motifs is 1. The highest BCUT2D eigenvalue weighted by molar-refractivity contribution is 7.13. The SMILES string of the molecule is Cc1ncsc1-c1ccc(CNC(=O)[C@@H]2C[C@@H](O)CN2C(=O)[C@@H](NC(=O)C2(F)CC2)C(C)(C)C)c(OCCCCN2CCC(c3c[nH]c4nnc(-c5ccccc5O)cc34)CC2)c1. The lowest BCUT2D eigenvalue weighted by Crippen LogP contribution is -2.59. The molecule has 0 spiro atoms. The lowest BCUT2D eigenvalue weighted by Gasteiger charge is -2.35. The predicted molar refractivity (Wildman–Crippen MR) is 239 cm³/mol. The van der Waals surface area contributed by atoms with Gasteiger partial charge in [-0.25, -0.2) is 9.37 Å². The summed E-state index contributed by atoms with van der Waals surface area (Å²) in [6, 6.07) is 13.0. The summed E-state index contributed by atoms with van der Waals surface area (Å²) in [6.07, 6.45) is 5.23. The number of aryl methyl sites for hydroxylation is 1. The van der Waals surface area contributed by atoms with Crippen LogP contribution in [0, 0.1) is 12.3 Å². The number of ether oxygens (including phenoxy) is 1. The number of H-pyrrole nitrogens is 1. The number of halogens is 1. The summed E-state index contributed by atoms with van der Waals surface area (Å²) in [5.41, 5.74) is 5.01. The number of aliphatic hydroxyl groups excluding tert-OH is 1. The Bertz CT molecular complexity index is 2450. The number of β-amino-alcohol motifs (C(OH)–C–C–N with tert-alkyl or cyclic N) is 1. The van der Waals surface area contributed by atoms with E-state index in [1.165, 1.54) is 10.5 Å². The van der Waals surface area contributed by atoms with Crippen LogP contribution in [0.5, 0.6) is 11.5 Å². The summed E-state index contributed by atoms with van der Waals surface area (Å²) in [5, 5.41) is 36.4. The predicted octanol–water partition coefficient (Wildman–Crippen LogP) is 6.41. The smallest absolute Gasteiger partial charge is 0.258 e. The number of aliphatic hydroxyl groups is 1. The molecule has 1 saturated carbocycles. The van der Waals surface area contributed by atoms with Crippen molar-refractivity contribution in [3.05, 3.63) is 77.1 Å². The van der Waals surface area contributed by atoms with E-state index in [0.717, 1.165) is 78.0 Å². The second kappa shape index (κ2) is 18.3. The van der Waals surface area contributed by atoms with Crippen LogP contribution in [0.25, 0.3) is 32.7 Å².